The van der Waals surface area contributed by atoms with Crippen molar-refractivity contribution in [2.24, 2.45) is 0 Å². The predicted molar refractivity (Wildman–Crippen MR) is 519 cm³/mol. The highest BCUT2D eigenvalue weighted by molar-refractivity contribution is 7.55. The molecule has 0 fully saturated rings. The zero-order chi connectivity index (χ0) is 85.7. The molecule has 0 spiro atoms. The smallest absolute Gasteiger partial charge is 0.236 e. The first-order valence-electron chi connectivity index (χ1n) is 52.4. The van der Waals surface area contributed by atoms with Crippen LogP contribution in [0.1, 0.15) is 581 Å². The maximum Gasteiger partial charge on any atom is 0.236 e. The zero-order valence-electron chi connectivity index (χ0n) is 79.6. The monoisotopic (exact) mass is 1660 g/mol. The van der Waals surface area contributed by atoms with Crippen molar-refractivity contribution < 1.29 is 28.8 Å². The van der Waals surface area contributed by atoms with E-state index in [0.717, 1.165) is 231 Å². The number of hydrogen-bond donors (Lipinski definition) is 0. The standard InChI is InChI=1S/C108H198N3O6P/c1-7-13-19-25-31-37-43-49-55-61-67-73-79-85-91-97-103(112)109(104(113)98-92-86-80-74-68-62-56-50-44-38-32-26-20-14-8-2)118(110(105(114)99-93-87-81-75-69-63-57-51-45-39-33-27-21-15-9-3)106(115)100-94-88-82-76-70-64-58-52-46-40-34-28-22-16-10-4)111(107(116)101-95-89-83-77-71-65-59-53-47-41-35-29-23-17-11-5)108(117)102-96-90-84-78-72-66-60-54-48-42-36-30-24-18-12-6/h49-60H,7-48,61-102H2,1-6H3/b55-49-,56-50-,57-51-,58-52-,59-53-,60-54-. The summed E-state index contributed by atoms with van der Waals surface area (Å²) in [6.07, 6.45) is 115. The highest BCUT2D eigenvalue weighted by atomic mass is 31.2. The van der Waals surface area contributed by atoms with Gasteiger partial charge >= 0.3 is 0 Å². The molecule has 118 heavy (non-hydrogen) atoms. The third-order valence-electron chi connectivity index (χ3n) is 23.9. The largest absolute Gasteiger partial charge is 0.274 e. The molecule has 0 saturated carbocycles. The Bertz CT molecular complexity index is 1980. The van der Waals surface area contributed by atoms with Crippen molar-refractivity contribution >= 4 is 43.8 Å². The van der Waals surface area contributed by atoms with E-state index in [1.54, 1.807) is 0 Å². The molecule has 0 radical (unpaired) electrons. The molecule has 0 aliphatic heterocycles. The van der Waals surface area contributed by atoms with Gasteiger partial charge in [-0.3, -0.25) is 28.8 Å². The van der Waals surface area contributed by atoms with Crippen LogP contribution in [0.15, 0.2) is 72.9 Å². The molecule has 0 aliphatic carbocycles. The third-order valence-corrected chi connectivity index (χ3v) is 26.3. The molecule has 0 rings (SSSR count). The summed E-state index contributed by atoms with van der Waals surface area (Å²) in [7, 11) is -2.89. The van der Waals surface area contributed by atoms with Crippen LogP contribution in [0.25, 0.3) is 0 Å². The van der Waals surface area contributed by atoms with E-state index in [-0.39, 0.29) is 38.5 Å². The van der Waals surface area contributed by atoms with Gasteiger partial charge in [0.15, 0.2) is 0 Å². The van der Waals surface area contributed by atoms with E-state index >= 15 is 28.8 Å². The zero-order valence-corrected chi connectivity index (χ0v) is 80.5. The summed E-state index contributed by atoms with van der Waals surface area (Å²) >= 11 is 0. The number of hydrogen-bond acceptors (Lipinski definition) is 6. The van der Waals surface area contributed by atoms with Crippen LogP contribution in [0, 0.1) is 0 Å². The van der Waals surface area contributed by atoms with E-state index in [0.29, 0.717) is 38.5 Å². The van der Waals surface area contributed by atoms with Gasteiger partial charge in [0.25, 0.3) is 0 Å². The van der Waals surface area contributed by atoms with Gasteiger partial charge in [0.1, 0.15) is 0 Å². The molecular formula is C108H198N3O6P. The molecular weight excluding hydrogens is 1470 g/mol. The summed E-state index contributed by atoms with van der Waals surface area (Å²) in [5.74, 6) is -2.82. The fraction of sp³-hybridized carbons (Fsp3) is 0.833. The van der Waals surface area contributed by atoms with Crippen molar-refractivity contribution in [2.75, 3.05) is 0 Å². The van der Waals surface area contributed by atoms with Crippen molar-refractivity contribution in [3.63, 3.8) is 0 Å². The van der Waals surface area contributed by atoms with E-state index in [9.17, 15) is 0 Å². The van der Waals surface area contributed by atoms with Crippen molar-refractivity contribution in [2.45, 2.75) is 581 Å². The summed E-state index contributed by atoms with van der Waals surface area (Å²) in [6, 6.07) is 0. The second-order valence-electron chi connectivity index (χ2n) is 35.6. The Morgan fingerprint density at radius 3 is 0.347 bits per heavy atom. The molecule has 0 saturated heterocycles. The minimum absolute atomic E-state index is 0.0342. The first-order chi connectivity index (χ1) is 58.2. The van der Waals surface area contributed by atoms with Crippen LogP contribution < -0.4 is 0 Å². The number of rotatable bonds is 93. The Hall–Kier alpha value is -3.71. The molecule has 0 bridgehead atoms. The summed E-state index contributed by atoms with van der Waals surface area (Å²) in [6.45, 7) is 13.6. The first kappa shape index (κ1) is 114. The first-order valence-corrected chi connectivity index (χ1v) is 53.6. The molecule has 0 atom stereocenters. The maximum absolute atomic E-state index is 15.8. The van der Waals surface area contributed by atoms with Gasteiger partial charge in [0.05, 0.1) is 0 Å². The van der Waals surface area contributed by atoms with Crippen LogP contribution in [0.5, 0.6) is 0 Å². The summed E-state index contributed by atoms with van der Waals surface area (Å²) < 4.78 is 3.64. The van der Waals surface area contributed by atoms with Crippen molar-refractivity contribution in [3.8, 4) is 0 Å². The Labute approximate surface area is 736 Å². The number of imide groups is 3. The average molecular weight is 1670 g/mol. The van der Waals surface area contributed by atoms with E-state index < -0.39 is 43.8 Å². The van der Waals surface area contributed by atoms with Crippen molar-refractivity contribution in [1.82, 2.24) is 14.0 Å². The molecule has 0 heterocycles. The molecule has 0 unspecified atom stereocenters. The van der Waals surface area contributed by atoms with Crippen LogP contribution in [0.4, 0.5) is 0 Å². The molecule has 9 nitrogen and oxygen atoms in total. The van der Waals surface area contributed by atoms with Crippen LogP contribution >= 0.6 is 8.37 Å². The summed E-state index contributed by atoms with van der Waals surface area (Å²) in [4.78, 5) is 95.0. The Balaban J connectivity index is 7.69. The topological polar surface area (TPSA) is 112 Å². The highest BCUT2D eigenvalue weighted by Gasteiger charge is 2.47. The summed E-state index contributed by atoms with van der Waals surface area (Å²) in [5.41, 5.74) is 0. The van der Waals surface area contributed by atoms with E-state index in [4.69, 9.17) is 0 Å². The molecule has 0 aromatic heterocycles. The normalized spacial score (nSPS) is 12.0. The molecule has 0 N–H and O–H groups in total. The molecule has 10 heteroatoms. The van der Waals surface area contributed by atoms with Gasteiger partial charge in [-0.2, -0.15) is 0 Å². The quantitative estimate of drug-likeness (QED) is 0.0341. The number of carbonyl (C=O) groups excluding carboxylic acids is 6. The molecule has 6 amide bonds. The summed E-state index contributed by atoms with van der Waals surface area (Å²) in [5, 5.41) is 0. The number of nitrogens with zero attached hydrogens (tertiary/aromatic N) is 3. The minimum Gasteiger partial charge on any atom is -0.274 e. The second-order valence-corrected chi connectivity index (χ2v) is 37.3. The maximum atomic E-state index is 15.8. The molecule has 0 aromatic rings. The Kier molecular flexibility index (Phi) is 92.5. The average Bonchev–Trinajstić information content (AvgIpc) is 0.776. The van der Waals surface area contributed by atoms with Crippen LogP contribution in [0.3, 0.4) is 0 Å². The fourth-order valence-corrected chi connectivity index (χ4v) is 18.3. The number of unbranched alkanes of at least 4 members (excludes halogenated alkanes) is 66. The third kappa shape index (κ3) is 77.1. The Morgan fingerprint density at radius 1 is 0.144 bits per heavy atom. The Morgan fingerprint density at radius 2 is 0.237 bits per heavy atom. The van der Waals surface area contributed by atoms with Gasteiger partial charge in [-0.25, -0.2) is 14.0 Å². The van der Waals surface area contributed by atoms with E-state index in [2.05, 4.69) is 114 Å². The minimum atomic E-state index is -2.89. The van der Waals surface area contributed by atoms with Crippen molar-refractivity contribution in [3.05, 3.63) is 72.9 Å². The van der Waals surface area contributed by atoms with Gasteiger partial charge in [0, 0.05) is 38.5 Å². The lowest BCUT2D eigenvalue weighted by Gasteiger charge is -2.41. The van der Waals surface area contributed by atoms with Gasteiger partial charge < -0.3 is 0 Å². The fourth-order valence-electron chi connectivity index (χ4n) is 16.0. The molecule has 686 valence electrons. The van der Waals surface area contributed by atoms with E-state index in [1.165, 1.54) is 245 Å². The van der Waals surface area contributed by atoms with Crippen LogP contribution in [-0.2, 0) is 28.8 Å². The van der Waals surface area contributed by atoms with Gasteiger partial charge in [-0.1, -0.05) is 423 Å². The van der Waals surface area contributed by atoms with Gasteiger partial charge in [-0.15, -0.1) is 0 Å². The van der Waals surface area contributed by atoms with Crippen LogP contribution in [-0.4, -0.2) is 49.5 Å². The van der Waals surface area contributed by atoms with Gasteiger partial charge in [-0.05, 0) is 193 Å². The lowest BCUT2D eigenvalue weighted by atomic mass is 10.1. The SMILES string of the molecule is CCCCCCCC/C=C\CCCCCCCC(=O)N(C(=O)CCCCCCC/C=C\CCCCCCCC)P(N(C(=O)CCCCCCC/C=C\CCCCCCCC)C(=O)CCCCCCC/C=C\CCCCCCCC)N(C(=O)CCCCCCC/C=C\CCCCCCCC)C(=O)CCCCCCC/C=C\CCCCCCCC. The number of amides is 6. The second kappa shape index (κ2) is 95.5. The molecule has 0 aliphatic rings. The highest BCUT2D eigenvalue weighted by Crippen LogP contribution is 2.52. The van der Waals surface area contributed by atoms with Gasteiger partial charge in [0.2, 0.25) is 43.8 Å². The van der Waals surface area contributed by atoms with E-state index in [1.807, 2.05) is 0 Å². The number of carbonyl (C=O) groups is 6. The van der Waals surface area contributed by atoms with Crippen molar-refractivity contribution in [1.29, 1.82) is 0 Å². The van der Waals surface area contributed by atoms with Crippen LogP contribution in [0.2, 0.25) is 0 Å². The lowest BCUT2D eigenvalue weighted by Crippen LogP contribution is -2.50. The molecule has 0 aromatic carbocycles. The number of allylic oxidation sites excluding steroid dienone is 12. The predicted octanol–water partition coefficient (Wildman–Crippen LogP) is 36.5. The lowest BCUT2D eigenvalue weighted by molar-refractivity contribution is -0.142.